The van der Waals surface area contributed by atoms with Crippen LogP contribution < -0.4 is 14.8 Å². The fourth-order valence-electron chi connectivity index (χ4n) is 2.45. The van der Waals surface area contributed by atoms with Crippen molar-refractivity contribution in [2.75, 3.05) is 19.5 Å². The van der Waals surface area contributed by atoms with E-state index in [0.717, 1.165) is 18.8 Å². The summed E-state index contributed by atoms with van der Waals surface area (Å²) in [6.45, 7) is 2.27. The lowest BCUT2D eigenvalue weighted by molar-refractivity contribution is 0.119. The summed E-state index contributed by atoms with van der Waals surface area (Å²) in [6, 6.07) is 0. The zero-order valence-corrected chi connectivity index (χ0v) is 11.3. The molecule has 0 spiro atoms. The first-order valence-electron chi connectivity index (χ1n) is 6.48. The number of hydrogen-bond acceptors (Lipinski definition) is 5. The molecule has 1 aliphatic rings. The predicted octanol–water partition coefficient (Wildman–Crippen LogP) is 2.48. The SMILES string of the molecule is CNc1ncnc(OC2CCCC(C)C2)c1OC. The summed E-state index contributed by atoms with van der Waals surface area (Å²) < 4.78 is 11.3. The van der Waals surface area contributed by atoms with Gasteiger partial charge in [-0.3, -0.25) is 0 Å². The standard InChI is InChI=1S/C13H21N3O2/c1-9-5-4-6-10(7-9)18-13-11(17-3)12(14-2)15-8-16-13/h8-10H,4-7H2,1-3H3,(H,14,15,16). The number of hydrogen-bond donors (Lipinski definition) is 1. The van der Waals surface area contributed by atoms with Crippen molar-refractivity contribution in [2.24, 2.45) is 5.92 Å². The molecule has 2 atom stereocenters. The van der Waals surface area contributed by atoms with E-state index in [9.17, 15) is 0 Å². The Morgan fingerprint density at radius 3 is 2.83 bits per heavy atom. The minimum atomic E-state index is 0.238. The summed E-state index contributed by atoms with van der Waals surface area (Å²) >= 11 is 0. The van der Waals surface area contributed by atoms with Crippen molar-refractivity contribution in [3.8, 4) is 11.6 Å². The molecule has 0 amide bonds. The van der Waals surface area contributed by atoms with Gasteiger partial charge in [-0.15, -0.1) is 0 Å². The van der Waals surface area contributed by atoms with Gasteiger partial charge in [0, 0.05) is 7.05 Å². The maximum atomic E-state index is 5.97. The van der Waals surface area contributed by atoms with Gasteiger partial charge in [-0.1, -0.05) is 13.3 Å². The second-order valence-electron chi connectivity index (χ2n) is 4.82. The number of methoxy groups -OCH3 is 1. The van der Waals surface area contributed by atoms with E-state index < -0.39 is 0 Å². The minimum Gasteiger partial charge on any atom is -0.489 e. The molecule has 0 aliphatic heterocycles. The Hall–Kier alpha value is -1.52. The van der Waals surface area contributed by atoms with Gasteiger partial charge < -0.3 is 14.8 Å². The molecule has 0 aromatic carbocycles. The van der Waals surface area contributed by atoms with E-state index >= 15 is 0 Å². The molecule has 1 aromatic heterocycles. The van der Waals surface area contributed by atoms with Crippen molar-refractivity contribution in [3.63, 3.8) is 0 Å². The van der Waals surface area contributed by atoms with E-state index in [1.165, 1.54) is 19.2 Å². The molecule has 2 rings (SSSR count). The first-order valence-corrected chi connectivity index (χ1v) is 6.48. The van der Waals surface area contributed by atoms with E-state index in [0.29, 0.717) is 17.4 Å². The molecule has 100 valence electrons. The lowest BCUT2D eigenvalue weighted by Crippen LogP contribution is -2.24. The molecule has 0 bridgehead atoms. The van der Waals surface area contributed by atoms with Crippen molar-refractivity contribution in [2.45, 2.75) is 38.7 Å². The summed E-state index contributed by atoms with van der Waals surface area (Å²) in [7, 11) is 3.41. The average molecular weight is 251 g/mol. The smallest absolute Gasteiger partial charge is 0.262 e. The first-order chi connectivity index (χ1) is 8.74. The van der Waals surface area contributed by atoms with Gasteiger partial charge in [-0.05, 0) is 25.2 Å². The Morgan fingerprint density at radius 1 is 1.33 bits per heavy atom. The number of nitrogens with one attached hydrogen (secondary N) is 1. The number of aromatic nitrogens is 2. The summed E-state index contributed by atoms with van der Waals surface area (Å²) in [4.78, 5) is 8.29. The summed E-state index contributed by atoms with van der Waals surface area (Å²) in [5.74, 6) is 2.50. The molecule has 0 saturated heterocycles. The zero-order chi connectivity index (χ0) is 13.0. The third kappa shape index (κ3) is 2.83. The highest BCUT2D eigenvalue weighted by Gasteiger charge is 2.23. The lowest BCUT2D eigenvalue weighted by atomic mass is 9.89. The largest absolute Gasteiger partial charge is 0.489 e. The monoisotopic (exact) mass is 251 g/mol. The van der Waals surface area contributed by atoms with Crippen LogP contribution in [0.4, 0.5) is 5.82 Å². The molecule has 18 heavy (non-hydrogen) atoms. The molecular formula is C13H21N3O2. The second kappa shape index (κ2) is 5.89. The number of rotatable bonds is 4. The molecule has 1 fully saturated rings. The van der Waals surface area contributed by atoms with Crippen LogP contribution in [0.25, 0.3) is 0 Å². The van der Waals surface area contributed by atoms with Crippen LogP contribution in [0.5, 0.6) is 11.6 Å². The number of anilines is 1. The average Bonchev–Trinajstić information content (AvgIpc) is 2.38. The maximum Gasteiger partial charge on any atom is 0.262 e. The number of ether oxygens (including phenoxy) is 2. The van der Waals surface area contributed by atoms with Crippen molar-refractivity contribution in [1.82, 2.24) is 9.97 Å². The van der Waals surface area contributed by atoms with Gasteiger partial charge in [0.05, 0.1) is 7.11 Å². The fraction of sp³-hybridized carbons (Fsp3) is 0.692. The van der Waals surface area contributed by atoms with Gasteiger partial charge in [-0.25, -0.2) is 4.98 Å². The second-order valence-corrected chi connectivity index (χ2v) is 4.82. The van der Waals surface area contributed by atoms with Crippen molar-refractivity contribution >= 4 is 5.82 Å². The van der Waals surface area contributed by atoms with E-state index in [2.05, 4.69) is 22.2 Å². The van der Waals surface area contributed by atoms with E-state index in [4.69, 9.17) is 9.47 Å². The van der Waals surface area contributed by atoms with E-state index in [-0.39, 0.29) is 6.10 Å². The highest BCUT2D eigenvalue weighted by Crippen LogP contribution is 2.34. The topological polar surface area (TPSA) is 56.3 Å². The Morgan fingerprint density at radius 2 is 2.17 bits per heavy atom. The first kappa shape index (κ1) is 12.9. The third-order valence-corrected chi connectivity index (χ3v) is 3.38. The normalized spacial score (nSPS) is 23.5. The van der Waals surface area contributed by atoms with Crippen LogP contribution in [-0.4, -0.2) is 30.2 Å². The fourth-order valence-corrected chi connectivity index (χ4v) is 2.45. The molecule has 5 heteroatoms. The van der Waals surface area contributed by atoms with Crippen LogP contribution >= 0.6 is 0 Å². The molecule has 1 N–H and O–H groups in total. The van der Waals surface area contributed by atoms with Crippen LogP contribution in [0.1, 0.15) is 32.6 Å². The molecule has 1 aliphatic carbocycles. The van der Waals surface area contributed by atoms with Crippen molar-refractivity contribution in [3.05, 3.63) is 6.33 Å². The molecular weight excluding hydrogens is 230 g/mol. The van der Waals surface area contributed by atoms with Gasteiger partial charge in [0.2, 0.25) is 5.75 Å². The van der Waals surface area contributed by atoms with Crippen LogP contribution in [0.2, 0.25) is 0 Å². The molecule has 0 radical (unpaired) electrons. The lowest BCUT2D eigenvalue weighted by Gasteiger charge is -2.27. The minimum absolute atomic E-state index is 0.238. The van der Waals surface area contributed by atoms with Crippen molar-refractivity contribution in [1.29, 1.82) is 0 Å². The molecule has 1 aromatic rings. The summed E-state index contributed by atoms with van der Waals surface area (Å²) in [6.07, 6.45) is 6.42. The van der Waals surface area contributed by atoms with Crippen molar-refractivity contribution < 1.29 is 9.47 Å². The summed E-state index contributed by atoms with van der Waals surface area (Å²) in [5, 5.41) is 2.98. The quantitative estimate of drug-likeness (QED) is 0.891. The highest BCUT2D eigenvalue weighted by atomic mass is 16.5. The molecule has 1 heterocycles. The van der Waals surface area contributed by atoms with Gasteiger partial charge in [-0.2, -0.15) is 4.98 Å². The Labute approximate surface area is 108 Å². The van der Waals surface area contributed by atoms with Crippen LogP contribution in [0.15, 0.2) is 6.33 Å². The predicted molar refractivity (Wildman–Crippen MR) is 70.2 cm³/mol. The highest BCUT2D eigenvalue weighted by molar-refractivity contribution is 5.54. The number of nitrogens with zero attached hydrogens (tertiary/aromatic N) is 2. The molecule has 5 nitrogen and oxygen atoms in total. The Balaban J connectivity index is 2.12. The van der Waals surface area contributed by atoms with Crippen LogP contribution in [-0.2, 0) is 0 Å². The Kier molecular flexibility index (Phi) is 4.23. The third-order valence-electron chi connectivity index (χ3n) is 3.38. The molecule has 2 unspecified atom stereocenters. The van der Waals surface area contributed by atoms with Gasteiger partial charge in [0.1, 0.15) is 12.4 Å². The Bertz CT molecular complexity index is 398. The van der Waals surface area contributed by atoms with Crippen LogP contribution in [0, 0.1) is 5.92 Å². The summed E-state index contributed by atoms with van der Waals surface area (Å²) in [5.41, 5.74) is 0. The van der Waals surface area contributed by atoms with E-state index in [1.807, 2.05) is 0 Å². The van der Waals surface area contributed by atoms with Gasteiger partial charge in [0.15, 0.2) is 5.82 Å². The van der Waals surface area contributed by atoms with Crippen LogP contribution in [0.3, 0.4) is 0 Å². The molecule has 1 saturated carbocycles. The van der Waals surface area contributed by atoms with E-state index in [1.54, 1.807) is 14.2 Å². The zero-order valence-electron chi connectivity index (χ0n) is 11.3. The van der Waals surface area contributed by atoms with Gasteiger partial charge >= 0.3 is 0 Å². The maximum absolute atomic E-state index is 5.97. The van der Waals surface area contributed by atoms with Gasteiger partial charge in [0.25, 0.3) is 5.88 Å².